The van der Waals surface area contributed by atoms with Crippen LogP contribution in [0.3, 0.4) is 0 Å². The van der Waals surface area contributed by atoms with Crippen LogP contribution in [0.5, 0.6) is 5.75 Å². The van der Waals surface area contributed by atoms with E-state index in [-0.39, 0.29) is 19.0 Å². The summed E-state index contributed by atoms with van der Waals surface area (Å²) >= 11 is 0. The molecule has 2 aromatic carbocycles. The predicted octanol–water partition coefficient (Wildman–Crippen LogP) is 2.36. The quantitative estimate of drug-likeness (QED) is 0.880. The maximum Gasteiger partial charge on any atom is 0.136 e. The first-order chi connectivity index (χ1) is 9.55. The van der Waals surface area contributed by atoms with Gasteiger partial charge in [-0.3, -0.25) is 0 Å². The van der Waals surface area contributed by atoms with Crippen LogP contribution < -0.4 is 10.5 Å². The minimum atomic E-state index is -1.26. The van der Waals surface area contributed by atoms with Crippen molar-refractivity contribution in [1.29, 1.82) is 0 Å². The fraction of sp³-hybridized carbons (Fsp3) is 0.250. The standard InChI is InChI=1S/C16H18FNO2/c1-12-9-14(17)7-8-15(12)20-11-16(19,10-18)13-5-3-2-4-6-13/h2-9,19H,10-11,18H2,1H3. The van der Waals surface area contributed by atoms with E-state index in [1.807, 2.05) is 18.2 Å². The largest absolute Gasteiger partial charge is 0.490 e. The Morgan fingerprint density at radius 2 is 1.90 bits per heavy atom. The lowest BCUT2D eigenvalue weighted by Gasteiger charge is -2.27. The van der Waals surface area contributed by atoms with Gasteiger partial charge in [0.1, 0.15) is 23.8 Å². The second kappa shape index (κ2) is 6.03. The highest BCUT2D eigenvalue weighted by Crippen LogP contribution is 2.24. The monoisotopic (exact) mass is 275 g/mol. The lowest BCUT2D eigenvalue weighted by atomic mass is 9.95. The highest BCUT2D eigenvalue weighted by Gasteiger charge is 2.28. The second-order valence-corrected chi connectivity index (χ2v) is 4.80. The molecule has 20 heavy (non-hydrogen) atoms. The van der Waals surface area contributed by atoms with Gasteiger partial charge in [-0.1, -0.05) is 30.3 Å². The lowest BCUT2D eigenvalue weighted by Crippen LogP contribution is -2.40. The zero-order valence-corrected chi connectivity index (χ0v) is 11.3. The first-order valence-electron chi connectivity index (χ1n) is 6.42. The van der Waals surface area contributed by atoms with Crippen molar-refractivity contribution in [3.05, 3.63) is 65.5 Å². The van der Waals surface area contributed by atoms with Crippen LogP contribution in [0, 0.1) is 12.7 Å². The molecule has 1 unspecified atom stereocenters. The number of aryl methyl sites for hydroxylation is 1. The summed E-state index contributed by atoms with van der Waals surface area (Å²) in [5.41, 5.74) is 5.79. The Bertz CT molecular complexity index is 574. The van der Waals surface area contributed by atoms with E-state index in [0.29, 0.717) is 16.9 Å². The number of rotatable bonds is 5. The third-order valence-electron chi connectivity index (χ3n) is 3.25. The molecule has 0 aliphatic heterocycles. The number of halogens is 1. The van der Waals surface area contributed by atoms with Gasteiger partial charge < -0.3 is 15.6 Å². The molecule has 0 bridgehead atoms. The smallest absolute Gasteiger partial charge is 0.136 e. The number of aliphatic hydroxyl groups is 1. The molecule has 0 radical (unpaired) electrons. The summed E-state index contributed by atoms with van der Waals surface area (Å²) < 4.78 is 18.6. The van der Waals surface area contributed by atoms with Crippen molar-refractivity contribution in [2.75, 3.05) is 13.2 Å². The first kappa shape index (κ1) is 14.5. The molecule has 0 spiro atoms. The van der Waals surface area contributed by atoms with Crippen LogP contribution in [0.1, 0.15) is 11.1 Å². The summed E-state index contributed by atoms with van der Waals surface area (Å²) in [5, 5.41) is 10.6. The number of hydrogen-bond acceptors (Lipinski definition) is 3. The van der Waals surface area contributed by atoms with E-state index in [1.165, 1.54) is 12.1 Å². The van der Waals surface area contributed by atoms with Gasteiger partial charge in [0.25, 0.3) is 0 Å². The number of hydrogen-bond donors (Lipinski definition) is 2. The first-order valence-corrected chi connectivity index (χ1v) is 6.42. The van der Waals surface area contributed by atoms with E-state index in [1.54, 1.807) is 25.1 Å². The molecule has 3 nitrogen and oxygen atoms in total. The van der Waals surface area contributed by atoms with Crippen LogP contribution in [0.2, 0.25) is 0 Å². The Labute approximate surface area is 117 Å². The Hall–Kier alpha value is -1.91. The summed E-state index contributed by atoms with van der Waals surface area (Å²) in [6.07, 6.45) is 0. The molecule has 0 aliphatic rings. The summed E-state index contributed by atoms with van der Waals surface area (Å²) in [4.78, 5) is 0. The van der Waals surface area contributed by atoms with E-state index in [9.17, 15) is 9.50 Å². The molecule has 0 aromatic heterocycles. The summed E-state index contributed by atoms with van der Waals surface area (Å²) in [6.45, 7) is 1.81. The Kier molecular flexibility index (Phi) is 4.37. The minimum absolute atomic E-state index is 0.0139. The highest BCUT2D eigenvalue weighted by atomic mass is 19.1. The fourth-order valence-electron chi connectivity index (χ4n) is 1.98. The van der Waals surface area contributed by atoms with Gasteiger partial charge in [0.2, 0.25) is 0 Å². The molecule has 3 N–H and O–H groups in total. The number of benzene rings is 2. The molecular weight excluding hydrogens is 257 g/mol. The van der Waals surface area contributed by atoms with Crippen LogP contribution in [0.4, 0.5) is 4.39 Å². The molecule has 0 aliphatic carbocycles. The van der Waals surface area contributed by atoms with Crippen molar-refractivity contribution >= 4 is 0 Å². The molecular formula is C16H18FNO2. The molecule has 2 rings (SSSR count). The van der Waals surface area contributed by atoms with Gasteiger partial charge in [-0.2, -0.15) is 0 Å². The van der Waals surface area contributed by atoms with Gasteiger partial charge in [0.05, 0.1) is 0 Å². The predicted molar refractivity (Wildman–Crippen MR) is 76.0 cm³/mol. The van der Waals surface area contributed by atoms with Gasteiger partial charge in [-0.25, -0.2) is 4.39 Å². The maximum absolute atomic E-state index is 13.0. The summed E-state index contributed by atoms with van der Waals surface area (Å²) in [7, 11) is 0. The fourth-order valence-corrected chi connectivity index (χ4v) is 1.98. The third kappa shape index (κ3) is 3.15. The maximum atomic E-state index is 13.0. The van der Waals surface area contributed by atoms with Crippen LogP contribution in [0.25, 0.3) is 0 Å². The SMILES string of the molecule is Cc1cc(F)ccc1OCC(O)(CN)c1ccccc1. The van der Waals surface area contributed by atoms with Gasteiger partial charge >= 0.3 is 0 Å². The van der Waals surface area contributed by atoms with Crippen molar-refractivity contribution in [3.8, 4) is 5.75 Å². The van der Waals surface area contributed by atoms with E-state index >= 15 is 0 Å². The Morgan fingerprint density at radius 3 is 2.50 bits per heavy atom. The molecule has 0 amide bonds. The Morgan fingerprint density at radius 1 is 1.20 bits per heavy atom. The summed E-state index contributed by atoms with van der Waals surface area (Å²) in [5.74, 6) is 0.223. The third-order valence-corrected chi connectivity index (χ3v) is 3.25. The zero-order chi connectivity index (χ0) is 14.6. The average molecular weight is 275 g/mol. The van der Waals surface area contributed by atoms with E-state index in [0.717, 1.165) is 0 Å². The topological polar surface area (TPSA) is 55.5 Å². The normalized spacial score (nSPS) is 13.8. The molecule has 0 saturated carbocycles. The van der Waals surface area contributed by atoms with E-state index < -0.39 is 5.60 Å². The molecule has 0 heterocycles. The van der Waals surface area contributed by atoms with Crippen LogP contribution in [-0.4, -0.2) is 18.3 Å². The average Bonchev–Trinajstić information content (AvgIpc) is 2.47. The van der Waals surface area contributed by atoms with E-state index in [4.69, 9.17) is 10.5 Å². The van der Waals surface area contributed by atoms with Crippen molar-refractivity contribution in [3.63, 3.8) is 0 Å². The molecule has 0 fully saturated rings. The summed E-state index contributed by atoms with van der Waals surface area (Å²) in [6, 6.07) is 13.4. The lowest BCUT2D eigenvalue weighted by molar-refractivity contribution is -0.00165. The highest BCUT2D eigenvalue weighted by molar-refractivity contribution is 5.33. The van der Waals surface area contributed by atoms with Crippen molar-refractivity contribution in [2.24, 2.45) is 5.73 Å². The molecule has 1 atom stereocenters. The second-order valence-electron chi connectivity index (χ2n) is 4.80. The van der Waals surface area contributed by atoms with Crippen LogP contribution >= 0.6 is 0 Å². The van der Waals surface area contributed by atoms with Gasteiger partial charge in [0.15, 0.2) is 0 Å². The van der Waals surface area contributed by atoms with Crippen molar-refractivity contribution in [1.82, 2.24) is 0 Å². The molecule has 4 heteroatoms. The zero-order valence-electron chi connectivity index (χ0n) is 11.3. The van der Waals surface area contributed by atoms with E-state index in [2.05, 4.69) is 0 Å². The van der Waals surface area contributed by atoms with Crippen LogP contribution in [-0.2, 0) is 5.60 Å². The number of ether oxygens (including phenoxy) is 1. The molecule has 2 aromatic rings. The minimum Gasteiger partial charge on any atom is -0.490 e. The molecule has 106 valence electrons. The van der Waals surface area contributed by atoms with Gasteiger partial charge in [-0.15, -0.1) is 0 Å². The molecule has 0 saturated heterocycles. The Balaban J connectivity index is 2.15. The van der Waals surface area contributed by atoms with Gasteiger partial charge in [0, 0.05) is 6.54 Å². The van der Waals surface area contributed by atoms with Gasteiger partial charge in [-0.05, 0) is 36.2 Å². The van der Waals surface area contributed by atoms with Crippen LogP contribution in [0.15, 0.2) is 48.5 Å². The van der Waals surface area contributed by atoms with Crippen molar-refractivity contribution in [2.45, 2.75) is 12.5 Å². The number of nitrogens with two attached hydrogens (primary N) is 1. The van der Waals surface area contributed by atoms with Crippen molar-refractivity contribution < 1.29 is 14.2 Å².